The van der Waals surface area contributed by atoms with Crippen LogP contribution in [-0.2, 0) is 10.5 Å². The highest BCUT2D eigenvalue weighted by atomic mass is 35.5. The molecule has 4 heteroatoms. The molecule has 1 aliphatic rings. The van der Waals surface area contributed by atoms with E-state index in [-0.39, 0.29) is 0 Å². The molecule has 0 unspecified atom stereocenters. The maximum atomic E-state index is 5.85. The number of ether oxygens (including phenoxy) is 1. The quantitative estimate of drug-likeness (QED) is 0.810. The lowest BCUT2D eigenvalue weighted by Crippen LogP contribution is -2.36. The Balaban J connectivity index is 1.54. The third-order valence-electron chi connectivity index (χ3n) is 3.08. The van der Waals surface area contributed by atoms with Gasteiger partial charge in [0.05, 0.1) is 0 Å². The molecule has 1 fully saturated rings. The summed E-state index contributed by atoms with van der Waals surface area (Å²) in [5.74, 6) is 2.21. The van der Waals surface area contributed by atoms with E-state index in [9.17, 15) is 0 Å². The lowest BCUT2D eigenvalue weighted by atomic mass is 10.1. The highest BCUT2D eigenvalue weighted by Gasteiger charge is 2.11. The van der Waals surface area contributed by atoms with Crippen LogP contribution >= 0.6 is 23.4 Å². The fourth-order valence-electron chi connectivity index (χ4n) is 2.01. The lowest BCUT2D eigenvalue weighted by molar-refractivity contribution is 0.0786. The number of thioether (sulfide) groups is 1. The van der Waals surface area contributed by atoms with Crippen LogP contribution in [0.1, 0.15) is 18.4 Å². The van der Waals surface area contributed by atoms with Gasteiger partial charge in [-0.1, -0.05) is 23.7 Å². The Morgan fingerprint density at radius 2 is 1.94 bits per heavy atom. The van der Waals surface area contributed by atoms with Crippen molar-refractivity contribution < 1.29 is 4.74 Å². The Hall–Kier alpha value is -0.220. The second kappa shape index (κ2) is 8.05. The lowest BCUT2D eigenvalue weighted by Gasteiger charge is -2.23. The average Bonchev–Trinajstić information content (AvgIpc) is 2.42. The first-order valence-corrected chi connectivity index (χ1v) is 8.01. The van der Waals surface area contributed by atoms with E-state index in [2.05, 4.69) is 17.4 Å². The number of benzene rings is 1. The fraction of sp³-hybridized carbons (Fsp3) is 0.571. The normalized spacial score (nSPS) is 16.9. The molecule has 0 bridgehead atoms. The zero-order chi connectivity index (χ0) is 12.6. The molecule has 18 heavy (non-hydrogen) atoms. The number of hydrogen-bond acceptors (Lipinski definition) is 3. The second-order valence-electron chi connectivity index (χ2n) is 4.52. The standard InChI is InChI=1S/C14H20ClNOS/c15-13-3-1-12(2-4-13)11-18-10-7-16-14-5-8-17-9-6-14/h1-4,14,16H,5-11H2. The van der Waals surface area contributed by atoms with Crippen LogP contribution in [0.2, 0.25) is 5.02 Å². The van der Waals surface area contributed by atoms with Crippen LogP contribution < -0.4 is 5.32 Å². The molecule has 1 N–H and O–H groups in total. The molecule has 0 atom stereocenters. The molecule has 0 spiro atoms. The van der Waals surface area contributed by atoms with Crippen molar-refractivity contribution in [2.75, 3.05) is 25.5 Å². The van der Waals surface area contributed by atoms with Crippen molar-refractivity contribution in [1.29, 1.82) is 0 Å². The summed E-state index contributed by atoms with van der Waals surface area (Å²) in [6, 6.07) is 8.77. The predicted molar refractivity (Wildman–Crippen MR) is 79.5 cm³/mol. The van der Waals surface area contributed by atoms with Gasteiger partial charge in [0.2, 0.25) is 0 Å². The van der Waals surface area contributed by atoms with Crippen LogP contribution in [0.5, 0.6) is 0 Å². The molecule has 1 aromatic carbocycles. The first kappa shape index (κ1) is 14.2. The van der Waals surface area contributed by atoms with E-state index in [0.717, 1.165) is 49.1 Å². The van der Waals surface area contributed by atoms with Gasteiger partial charge < -0.3 is 10.1 Å². The molecule has 100 valence electrons. The van der Waals surface area contributed by atoms with Crippen molar-refractivity contribution in [2.45, 2.75) is 24.6 Å². The van der Waals surface area contributed by atoms with Gasteiger partial charge in [-0.05, 0) is 30.5 Å². The Morgan fingerprint density at radius 3 is 2.67 bits per heavy atom. The number of rotatable bonds is 6. The van der Waals surface area contributed by atoms with Gasteiger partial charge in [0.15, 0.2) is 0 Å². The summed E-state index contributed by atoms with van der Waals surface area (Å²) in [4.78, 5) is 0. The maximum Gasteiger partial charge on any atom is 0.0480 e. The second-order valence-corrected chi connectivity index (χ2v) is 6.06. The van der Waals surface area contributed by atoms with E-state index in [1.165, 1.54) is 5.56 Å². The van der Waals surface area contributed by atoms with Gasteiger partial charge in [0, 0.05) is 42.3 Å². The molecule has 0 aliphatic carbocycles. The predicted octanol–water partition coefficient (Wildman–Crippen LogP) is 3.34. The molecule has 0 amide bonds. The first-order valence-electron chi connectivity index (χ1n) is 6.48. The third-order valence-corrected chi connectivity index (χ3v) is 4.36. The molecule has 1 saturated heterocycles. The van der Waals surface area contributed by atoms with E-state index < -0.39 is 0 Å². The Morgan fingerprint density at radius 1 is 1.22 bits per heavy atom. The highest BCUT2D eigenvalue weighted by Crippen LogP contribution is 2.15. The molecule has 1 aliphatic heterocycles. The summed E-state index contributed by atoms with van der Waals surface area (Å²) in [6.45, 7) is 2.91. The molecule has 1 aromatic rings. The zero-order valence-electron chi connectivity index (χ0n) is 10.5. The van der Waals surface area contributed by atoms with Crippen molar-refractivity contribution in [3.63, 3.8) is 0 Å². The van der Waals surface area contributed by atoms with Crippen molar-refractivity contribution in [1.82, 2.24) is 5.32 Å². The minimum Gasteiger partial charge on any atom is -0.381 e. The molecule has 2 rings (SSSR count). The summed E-state index contributed by atoms with van der Waals surface area (Å²) in [7, 11) is 0. The number of nitrogens with one attached hydrogen (secondary N) is 1. The van der Waals surface area contributed by atoms with Crippen LogP contribution in [0.15, 0.2) is 24.3 Å². The zero-order valence-corrected chi connectivity index (χ0v) is 12.1. The van der Waals surface area contributed by atoms with Crippen LogP contribution in [0.25, 0.3) is 0 Å². The average molecular weight is 286 g/mol. The van der Waals surface area contributed by atoms with Gasteiger partial charge in [0.1, 0.15) is 0 Å². The van der Waals surface area contributed by atoms with Crippen LogP contribution in [0, 0.1) is 0 Å². The Bertz CT molecular complexity index is 338. The van der Waals surface area contributed by atoms with Gasteiger partial charge >= 0.3 is 0 Å². The fourth-order valence-corrected chi connectivity index (χ4v) is 2.97. The monoisotopic (exact) mass is 285 g/mol. The van der Waals surface area contributed by atoms with Crippen molar-refractivity contribution >= 4 is 23.4 Å². The van der Waals surface area contributed by atoms with Crippen molar-refractivity contribution in [2.24, 2.45) is 0 Å². The third kappa shape index (κ3) is 5.19. The molecular formula is C14H20ClNOS. The Kier molecular flexibility index (Phi) is 6.35. The summed E-state index contributed by atoms with van der Waals surface area (Å²) in [5, 5.41) is 4.41. The van der Waals surface area contributed by atoms with Crippen LogP contribution in [0.3, 0.4) is 0 Å². The smallest absolute Gasteiger partial charge is 0.0480 e. The minimum absolute atomic E-state index is 0.662. The molecule has 1 heterocycles. The van der Waals surface area contributed by atoms with Gasteiger partial charge in [0.25, 0.3) is 0 Å². The summed E-state index contributed by atoms with van der Waals surface area (Å²) >= 11 is 7.82. The van der Waals surface area contributed by atoms with Gasteiger partial charge in [-0.15, -0.1) is 0 Å². The number of hydrogen-bond donors (Lipinski definition) is 1. The summed E-state index contributed by atoms with van der Waals surface area (Å²) in [5.41, 5.74) is 1.34. The molecule has 0 saturated carbocycles. The topological polar surface area (TPSA) is 21.3 Å². The number of halogens is 1. The SMILES string of the molecule is Clc1ccc(CSCCNC2CCOCC2)cc1. The largest absolute Gasteiger partial charge is 0.381 e. The molecule has 2 nitrogen and oxygen atoms in total. The minimum atomic E-state index is 0.662. The summed E-state index contributed by atoms with van der Waals surface area (Å²) in [6.07, 6.45) is 2.31. The summed E-state index contributed by atoms with van der Waals surface area (Å²) < 4.78 is 5.34. The van der Waals surface area contributed by atoms with E-state index in [1.54, 1.807) is 0 Å². The van der Waals surface area contributed by atoms with Crippen molar-refractivity contribution in [3.8, 4) is 0 Å². The Labute approximate surface area is 118 Å². The highest BCUT2D eigenvalue weighted by molar-refractivity contribution is 7.98. The van der Waals surface area contributed by atoms with Gasteiger partial charge in [-0.3, -0.25) is 0 Å². The van der Waals surface area contributed by atoms with E-state index >= 15 is 0 Å². The van der Waals surface area contributed by atoms with Gasteiger partial charge in [-0.2, -0.15) is 11.8 Å². The molecule has 0 aromatic heterocycles. The van der Waals surface area contributed by atoms with E-state index in [1.807, 2.05) is 23.9 Å². The van der Waals surface area contributed by atoms with E-state index in [4.69, 9.17) is 16.3 Å². The van der Waals surface area contributed by atoms with Gasteiger partial charge in [-0.25, -0.2) is 0 Å². The first-order chi connectivity index (χ1) is 8.84. The van der Waals surface area contributed by atoms with E-state index in [0.29, 0.717) is 6.04 Å². The van der Waals surface area contributed by atoms with Crippen molar-refractivity contribution in [3.05, 3.63) is 34.9 Å². The molecular weight excluding hydrogens is 266 g/mol. The molecule has 0 radical (unpaired) electrons. The van der Waals surface area contributed by atoms with Crippen LogP contribution in [0.4, 0.5) is 0 Å². The van der Waals surface area contributed by atoms with Crippen LogP contribution in [-0.4, -0.2) is 31.6 Å². The maximum absolute atomic E-state index is 5.85.